The quantitative estimate of drug-likeness (QED) is 0.512. The molecule has 2 aromatic rings. The number of benzene rings is 1. The summed E-state index contributed by atoms with van der Waals surface area (Å²) >= 11 is 0. The number of aliphatic imine (C=N–C) groups is 1. The molecule has 0 aliphatic carbocycles. The van der Waals surface area contributed by atoms with Gasteiger partial charge in [0.2, 0.25) is 0 Å². The van der Waals surface area contributed by atoms with Gasteiger partial charge in [0.05, 0.1) is 11.3 Å². The van der Waals surface area contributed by atoms with Crippen molar-refractivity contribution in [3.05, 3.63) is 59.2 Å². The number of nitrogens with zero attached hydrogens (tertiary/aromatic N) is 5. The fourth-order valence-corrected chi connectivity index (χ4v) is 7.12. The maximum atomic E-state index is 15.1. The van der Waals surface area contributed by atoms with Gasteiger partial charge in [0, 0.05) is 30.5 Å². The fourth-order valence-electron chi connectivity index (χ4n) is 4.64. The van der Waals surface area contributed by atoms with Crippen LogP contribution in [-0.2, 0) is 15.4 Å². The number of hydrogen-bond acceptors (Lipinski definition) is 9. The van der Waals surface area contributed by atoms with Crippen LogP contribution in [-0.4, -0.2) is 88.0 Å². The molecule has 198 valence electrons. The van der Waals surface area contributed by atoms with Crippen molar-refractivity contribution in [1.82, 2.24) is 14.8 Å². The number of anilines is 1. The summed E-state index contributed by atoms with van der Waals surface area (Å²) in [4.78, 5) is 45.8. The summed E-state index contributed by atoms with van der Waals surface area (Å²) < 4.78 is 40.3. The van der Waals surface area contributed by atoms with Gasteiger partial charge >= 0.3 is 12.2 Å². The third-order valence-electron chi connectivity index (χ3n) is 6.40. The number of carbonyl (C=O) groups excluding carboxylic acids is 1. The zero-order valence-electron chi connectivity index (χ0n) is 20.0. The number of sulfone groups is 1. The number of hydrogen-bond donors (Lipinski definition) is 3. The van der Waals surface area contributed by atoms with Crippen LogP contribution < -0.4 is 5.32 Å². The third kappa shape index (κ3) is 4.33. The highest BCUT2D eigenvalue weighted by atomic mass is 32.2. The topological polar surface area (TPSA) is 193 Å². The zero-order chi connectivity index (χ0) is 28.0. The number of likely N-dealkylation sites (tertiary alicyclic amines) is 1. The summed E-state index contributed by atoms with van der Waals surface area (Å²) in [6.45, 7) is 0.850. The predicted octanol–water partition coefficient (Wildman–Crippen LogP) is 1.73. The number of rotatable bonds is 3. The van der Waals surface area contributed by atoms with E-state index in [0.717, 1.165) is 12.1 Å². The summed E-state index contributed by atoms with van der Waals surface area (Å²) in [5.41, 5.74) is -2.00. The molecular formula is C23H21FN6O7S. The average Bonchev–Trinajstić information content (AvgIpc) is 2.81. The molecule has 1 aromatic heterocycles. The smallest absolute Gasteiger partial charge is 0.422 e. The van der Waals surface area contributed by atoms with Crippen LogP contribution in [0.1, 0.15) is 28.5 Å². The minimum Gasteiger partial charge on any atom is -0.464 e. The SMILES string of the molecule is CN1CC2(C1)C(N(C(=O)O)C(=O)O)=NC(C)(c1cc(NC(=O)c3ccc(C#N)cn3)ccc1F)CS2(=O)=O. The minimum absolute atomic E-state index is 0.0451. The summed E-state index contributed by atoms with van der Waals surface area (Å²) in [6, 6.07) is 7.89. The molecule has 0 saturated carbocycles. The van der Waals surface area contributed by atoms with E-state index < -0.39 is 55.6 Å². The normalized spacial score (nSPS) is 21.5. The number of aromatic nitrogens is 1. The molecule has 3 heterocycles. The summed E-state index contributed by atoms with van der Waals surface area (Å²) in [6.07, 6.45) is -2.72. The third-order valence-corrected chi connectivity index (χ3v) is 8.97. The Labute approximate surface area is 215 Å². The number of pyridine rings is 1. The van der Waals surface area contributed by atoms with Crippen molar-refractivity contribution < 1.29 is 37.4 Å². The van der Waals surface area contributed by atoms with E-state index in [1.165, 1.54) is 31.3 Å². The Balaban J connectivity index is 1.80. The number of nitriles is 1. The lowest BCUT2D eigenvalue weighted by Gasteiger charge is -2.52. The molecule has 1 saturated heterocycles. The number of imide groups is 1. The summed E-state index contributed by atoms with van der Waals surface area (Å²) in [7, 11) is -2.69. The first-order valence-electron chi connectivity index (χ1n) is 11.0. The first kappa shape index (κ1) is 26.6. The Morgan fingerprint density at radius 3 is 2.37 bits per heavy atom. The van der Waals surface area contributed by atoms with E-state index in [9.17, 15) is 33.0 Å². The van der Waals surface area contributed by atoms with E-state index in [4.69, 9.17) is 5.26 Å². The second-order valence-electron chi connectivity index (χ2n) is 9.23. The molecule has 13 nitrogen and oxygen atoms in total. The number of nitrogens with one attached hydrogen (secondary N) is 1. The molecule has 1 atom stereocenters. The Bertz CT molecular complexity index is 1520. The van der Waals surface area contributed by atoms with Gasteiger partial charge in [0.15, 0.2) is 14.6 Å². The summed E-state index contributed by atoms with van der Waals surface area (Å²) in [5, 5.41) is 30.5. The van der Waals surface area contributed by atoms with Crippen molar-refractivity contribution in [3.63, 3.8) is 0 Å². The molecule has 3 N–H and O–H groups in total. The highest BCUT2D eigenvalue weighted by Crippen LogP contribution is 2.44. The predicted molar refractivity (Wildman–Crippen MR) is 130 cm³/mol. The molecule has 1 spiro atoms. The highest BCUT2D eigenvalue weighted by Gasteiger charge is 2.64. The standard InChI is InChI=1S/C23H21FN6O7S/c1-22(12-38(36,37)23(10-29(2)11-23)19(28-22)30(20(32)33)21(34)35)15-7-14(4-5-16(15)24)27-18(31)17-6-3-13(8-25)9-26-17/h3-7,9H,10-12H2,1-2H3,(H,27,31)(H,32,33)(H,34,35). The molecule has 2 aliphatic rings. The van der Waals surface area contributed by atoms with Gasteiger partial charge in [-0.3, -0.25) is 9.79 Å². The fraction of sp³-hybridized carbons (Fsp3) is 0.304. The molecule has 15 heteroatoms. The molecule has 2 aliphatic heterocycles. The molecule has 1 aromatic carbocycles. The van der Waals surface area contributed by atoms with Crippen molar-refractivity contribution in [2.45, 2.75) is 17.2 Å². The lowest BCUT2D eigenvalue weighted by atomic mass is 9.90. The maximum Gasteiger partial charge on any atom is 0.422 e. The molecule has 1 unspecified atom stereocenters. The van der Waals surface area contributed by atoms with E-state index in [1.54, 1.807) is 11.9 Å². The second kappa shape index (κ2) is 9.15. The van der Waals surface area contributed by atoms with Gasteiger partial charge in [0.25, 0.3) is 5.91 Å². The molecule has 1 fully saturated rings. The van der Waals surface area contributed by atoms with Crippen molar-refractivity contribution in [2.24, 2.45) is 4.99 Å². The number of carbonyl (C=O) groups is 3. The van der Waals surface area contributed by atoms with E-state index in [-0.39, 0.29) is 40.5 Å². The first-order chi connectivity index (χ1) is 17.7. The summed E-state index contributed by atoms with van der Waals surface area (Å²) in [5.74, 6) is -3.08. The van der Waals surface area contributed by atoms with Gasteiger partial charge in [-0.15, -0.1) is 0 Å². The molecule has 0 radical (unpaired) electrons. The Morgan fingerprint density at radius 2 is 1.84 bits per heavy atom. The minimum atomic E-state index is -4.27. The molecular weight excluding hydrogens is 523 g/mol. The molecule has 4 rings (SSSR count). The van der Waals surface area contributed by atoms with Crippen LogP contribution >= 0.6 is 0 Å². The van der Waals surface area contributed by atoms with Gasteiger partial charge in [-0.1, -0.05) is 0 Å². The number of carboxylic acid groups (broad SMARTS) is 2. The van der Waals surface area contributed by atoms with Crippen LogP contribution in [0.5, 0.6) is 0 Å². The van der Waals surface area contributed by atoms with Crippen LogP contribution in [0.3, 0.4) is 0 Å². The van der Waals surface area contributed by atoms with Crippen molar-refractivity contribution >= 4 is 39.5 Å². The van der Waals surface area contributed by atoms with E-state index in [2.05, 4.69) is 15.3 Å². The number of halogens is 1. The van der Waals surface area contributed by atoms with Gasteiger partial charge in [0.1, 0.15) is 29.0 Å². The van der Waals surface area contributed by atoms with Crippen molar-refractivity contribution in [3.8, 4) is 6.07 Å². The largest absolute Gasteiger partial charge is 0.464 e. The maximum absolute atomic E-state index is 15.1. The van der Waals surface area contributed by atoms with Crippen molar-refractivity contribution in [2.75, 3.05) is 31.2 Å². The van der Waals surface area contributed by atoms with E-state index in [0.29, 0.717) is 0 Å². The van der Waals surface area contributed by atoms with Crippen LogP contribution in [0.15, 0.2) is 41.5 Å². The Kier molecular flexibility index (Phi) is 6.42. The lowest BCUT2D eigenvalue weighted by molar-refractivity contribution is 0.102. The highest BCUT2D eigenvalue weighted by molar-refractivity contribution is 7.93. The second-order valence-corrected chi connectivity index (χ2v) is 11.5. The van der Waals surface area contributed by atoms with Crippen LogP contribution in [0, 0.1) is 17.1 Å². The van der Waals surface area contributed by atoms with Gasteiger partial charge in [-0.25, -0.2) is 27.4 Å². The molecule has 3 amide bonds. The molecule has 0 bridgehead atoms. The monoisotopic (exact) mass is 544 g/mol. The van der Waals surface area contributed by atoms with Crippen molar-refractivity contribution in [1.29, 1.82) is 5.26 Å². The van der Waals surface area contributed by atoms with Crippen LogP contribution in [0.4, 0.5) is 19.7 Å². The first-order valence-corrected chi connectivity index (χ1v) is 12.6. The van der Waals surface area contributed by atoms with Gasteiger partial charge in [-0.2, -0.15) is 10.2 Å². The van der Waals surface area contributed by atoms with Crippen LogP contribution in [0.2, 0.25) is 0 Å². The van der Waals surface area contributed by atoms with E-state index >= 15 is 4.39 Å². The van der Waals surface area contributed by atoms with Gasteiger partial charge < -0.3 is 20.4 Å². The average molecular weight is 545 g/mol. The Morgan fingerprint density at radius 1 is 1.18 bits per heavy atom. The lowest BCUT2D eigenvalue weighted by Crippen LogP contribution is -2.75. The molecule has 38 heavy (non-hydrogen) atoms. The van der Waals surface area contributed by atoms with Gasteiger partial charge in [-0.05, 0) is 44.3 Å². The van der Waals surface area contributed by atoms with Crippen LogP contribution in [0.25, 0.3) is 0 Å². The number of amides is 3. The zero-order valence-corrected chi connectivity index (χ0v) is 20.9. The Hall–Kier alpha value is -4.42. The number of amidine groups is 1. The van der Waals surface area contributed by atoms with E-state index in [1.807, 2.05) is 6.07 Å².